The van der Waals surface area contributed by atoms with Gasteiger partial charge in [-0.05, 0) is 12.8 Å². The van der Waals surface area contributed by atoms with Gasteiger partial charge in [0.25, 0.3) is 0 Å². The largest absolute Gasteiger partial charge is 0.478 e. The Bertz CT molecular complexity index is 194. The van der Waals surface area contributed by atoms with Crippen LogP contribution in [-0.4, -0.2) is 30.1 Å². The third-order valence-electron chi connectivity index (χ3n) is 1.76. The summed E-state index contributed by atoms with van der Waals surface area (Å²) in [6.07, 6.45) is 1.64. The Morgan fingerprint density at radius 3 is 2.20 bits per heavy atom. The average molecular weight is 141 g/mol. The van der Waals surface area contributed by atoms with Crippen molar-refractivity contribution in [1.82, 2.24) is 4.90 Å². The van der Waals surface area contributed by atoms with E-state index in [1.54, 1.807) is 0 Å². The maximum absolute atomic E-state index is 10.4. The van der Waals surface area contributed by atoms with Gasteiger partial charge in [0, 0.05) is 19.8 Å². The van der Waals surface area contributed by atoms with Crippen LogP contribution in [0.4, 0.5) is 0 Å². The maximum Gasteiger partial charge on any atom is 0.333 e. The molecule has 0 amide bonds. The highest BCUT2D eigenvalue weighted by atomic mass is 16.4. The molecule has 0 fully saturated rings. The first-order chi connectivity index (χ1) is 4.63. The predicted octanol–water partition coefficient (Wildman–Crippen LogP) is 0.681. The van der Waals surface area contributed by atoms with Crippen molar-refractivity contribution in [2.45, 2.75) is 12.8 Å². The Morgan fingerprint density at radius 2 is 2.10 bits per heavy atom. The molecule has 0 bridgehead atoms. The van der Waals surface area contributed by atoms with Crippen LogP contribution in [0.15, 0.2) is 11.3 Å². The van der Waals surface area contributed by atoms with E-state index in [4.69, 9.17) is 5.11 Å². The highest BCUT2D eigenvalue weighted by Gasteiger charge is 2.23. The van der Waals surface area contributed by atoms with Crippen molar-refractivity contribution in [1.29, 1.82) is 0 Å². The summed E-state index contributed by atoms with van der Waals surface area (Å²) in [7, 11) is 3.74. The molecular weight excluding hydrogens is 130 g/mol. The third-order valence-corrected chi connectivity index (χ3v) is 1.76. The molecule has 0 unspecified atom stereocenters. The highest BCUT2D eigenvalue weighted by molar-refractivity contribution is 5.89. The number of aliphatic carboxylic acids is 1. The normalized spacial score (nSPS) is 16.6. The molecule has 0 atom stereocenters. The van der Waals surface area contributed by atoms with E-state index in [1.165, 1.54) is 0 Å². The first-order valence-electron chi connectivity index (χ1n) is 3.25. The van der Waals surface area contributed by atoms with Crippen molar-refractivity contribution >= 4 is 5.97 Å². The molecule has 0 aliphatic heterocycles. The molecule has 0 radical (unpaired) electrons. The first kappa shape index (κ1) is 7.12. The van der Waals surface area contributed by atoms with E-state index < -0.39 is 5.97 Å². The van der Waals surface area contributed by atoms with Crippen molar-refractivity contribution in [3.05, 3.63) is 11.3 Å². The molecule has 0 aromatic heterocycles. The van der Waals surface area contributed by atoms with Crippen molar-refractivity contribution in [2.24, 2.45) is 0 Å². The number of nitrogens with zero attached hydrogens (tertiary/aromatic N) is 1. The smallest absolute Gasteiger partial charge is 0.333 e. The van der Waals surface area contributed by atoms with E-state index >= 15 is 0 Å². The lowest BCUT2D eigenvalue weighted by Crippen LogP contribution is -2.23. The quantitative estimate of drug-likeness (QED) is 0.614. The molecule has 0 spiro atoms. The van der Waals surface area contributed by atoms with Crippen LogP contribution in [0.1, 0.15) is 12.8 Å². The van der Waals surface area contributed by atoms with E-state index in [0.29, 0.717) is 5.57 Å². The molecule has 0 heterocycles. The second-order valence-corrected chi connectivity index (χ2v) is 2.62. The third kappa shape index (κ3) is 0.988. The molecule has 0 aromatic rings. The van der Waals surface area contributed by atoms with Crippen molar-refractivity contribution in [3.8, 4) is 0 Å². The summed E-state index contributed by atoms with van der Waals surface area (Å²) in [6.45, 7) is 0. The molecular formula is C7H11NO2. The summed E-state index contributed by atoms with van der Waals surface area (Å²) >= 11 is 0. The van der Waals surface area contributed by atoms with Crippen LogP contribution in [0.25, 0.3) is 0 Å². The van der Waals surface area contributed by atoms with Gasteiger partial charge in [0.1, 0.15) is 0 Å². The van der Waals surface area contributed by atoms with Crippen LogP contribution >= 0.6 is 0 Å². The molecule has 0 saturated heterocycles. The van der Waals surface area contributed by atoms with E-state index in [0.717, 1.165) is 18.5 Å². The Balaban J connectivity index is 2.77. The lowest BCUT2D eigenvalue weighted by Gasteiger charge is -2.27. The molecule has 1 rings (SSSR count). The number of carboxylic acids is 1. The monoisotopic (exact) mass is 141 g/mol. The van der Waals surface area contributed by atoms with Crippen molar-refractivity contribution in [2.75, 3.05) is 14.1 Å². The minimum Gasteiger partial charge on any atom is -0.478 e. The van der Waals surface area contributed by atoms with Gasteiger partial charge in [0.15, 0.2) is 0 Å². The van der Waals surface area contributed by atoms with Crippen molar-refractivity contribution in [3.63, 3.8) is 0 Å². The molecule has 56 valence electrons. The van der Waals surface area contributed by atoms with Gasteiger partial charge in [-0.3, -0.25) is 0 Å². The van der Waals surface area contributed by atoms with E-state index in [2.05, 4.69) is 0 Å². The molecule has 0 saturated carbocycles. The highest BCUT2D eigenvalue weighted by Crippen LogP contribution is 2.28. The molecule has 1 aliphatic rings. The van der Waals surface area contributed by atoms with Gasteiger partial charge in [0.05, 0.1) is 5.57 Å². The second kappa shape index (κ2) is 2.33. The number of rotatable bonds is 2. The Kier molecular flexibility index (Phi) is 1.66. The Hall–Kier alpha value is -0.990. The summed E-state index contributed by atoms with van der Waals surface area (Å²) in [6, 6.07) is 0. The summed E-state index contributed by atoms with van der Waals surface area (Å²) in [5.41, 5.74) is 1.54. The summed E-state index contributed by atoms with van der Waals surface area (Å²) in [5, 5.41) is 8.57. The zero-order valence-electron chi connectivity index (χ0n) is 6.22. The fourth-order valence-corrected chi connectivity index (χ4v) is 1.09. The van der Waals surface area contributed by atoms with Crippen LogP contribution in [0.3, 0.4) is 0 Å². The number of hydrogen-bond donors (Lipinski definition) is 1. The topological polar surface area (TPSA) is 40.5 Å². The first-order valence-corrected chi connectivity index (χ1v) is 3.25. The SMILES string of the molecule is CN(C)C1=C(C(=O)O)CC1. The Morgan fingerprint density at radius 1 is 1.50 bits per heavy atom. The van der Waals surface area contributed by atoms with Gasteiger partial charge in [-0.15, -0.1) is 0 Å². The lowest BCUT2D eigenvalue weighted by molar-refractivity contribution is -0.133. The molecule has 10 heavy (non-hydrogen) atoms. The van der Waals surface area contributed by atoms with Crippen LogP contribution in [0, 0.1) is 0 Å². The second-order valence-electron chi connectivity index (χ2n) is 2.62. The summed E-state index contributed by atoms with van der Waals surface area (Å²) in [4.78, 5) is 12.3. The predicted molar refractivity (Wildman–Crippen MR) is 37.6 cm³/mol. The average Bonchev–Trinajstić information content (AvgIpc) is 1.56. The van der Waals surface area contributed by atoms with Gasteiger partial charge >= 0.3 is 5.97 Å². The van der Waals surface area contributed by atoms with Crippen LogP contribution < -0.4 is 0 Å². The summed E-state index contributed by atoms with van der Waals surface area (Å²) in [5.74, 6) is -0.769. The fourth-order valence-electron chi connectivity index (χ4n) is 1.09. The molecule has 0 aromatic carbocycles. The minimum absolute atomic E-state index is 0.574. The van der Waals surface area contributed by atoms with Gasteiger partial charge < -0.3 is 10.0 Å². The number of carboxylic acid groups (broad SMARTS) is 1. The van der Waals surface area contributed by atoms with Crippen LogP contribution in [0.2, 0.25) is 0 Å². The van der Waals surface area contributed by atoms with E-state index in [9.17, 15) is 4.79 Å². The standard InChI is InChI=1S/C7H11NO2/c1-8(2)6-4-3-5(6)7(9)10/h3-4H2,1-2H3,(H,9,10). The maximum atomic E-state index is 10.4. The van der Waals surface area contributed by atoms with E-state index in [1.807, 2.05) is 19.0 Å². The minimum atomic E-state index is -0.769. The van der Waals surface area contributed by atoms with Gasteiger partial charge in [-0.2, -0.15) is 0 Å². The number of allylic oxidation sites excluding steroid dienone is 1. The zero-order valence-corrected chi connectivity index (χ0v) is 6.22. The molecule has 3 heteroatoms. The zero-order chi connectivity index (χ0) is 7.72. The molecule has 1 aliphatic carbocycles. The van der Waals surface area contributed by atoms with Crippen LogP contribution in [-0.2, 0) is 4.79 Å². The molecule has 1 N–H and O–H groups in total. The van der Waals surface area contributed by atoms with Gasteiger partial charge in [0.2, 0.25) is 0 Å². The van der Waals surface area contributed by atoms with Crippen LogP contribution in [0.5, 0.6) is 0 Å². The van der Waals surface area contributed by atoms with Gasteiger partial charge in [-0.1, -0.05) is 0 Å². The van der Waals surface area contributed by atoms with Gasteiger partial charge in [-0.25, -0.2) is 4.79 Å². The van der Waals surface area contributed by atoms with E-state index in [-0.39, 0.29) is 0 Å². The van der Waals surface area contributed by atoms with Crippen molar-refractivity contribution < 1.29 is 9.90 Å². The lowest BCUT2D eigenvalue weighted by atomic mass is 9.94. The fraction of sp³-hybridized carbons (Fsp3) is 0.571. The molecule has 3 nitrogen and oxygen atoms in total. The summed E-state index contributed by atoms with van der Waals surface area (Å²) < 4.78 is 0. The number of carbonyl (C=O) groups is 1. The number of hydrogen-bond acceptors (Lipinski definition) is 2. The Labute approximate surface area is 59.9 Å².